The lowest BCUT2D eigenvalue weighted by molar-refractivity contribution is -0.120. The van der Waals surface area contributed by atoms with Crippen molar-refractivity contribution in [2.45, 2.75) is 13.0 Å². The van der Waals surface area contributed by atoms with Crippen molar-refractivity contribution in [3.63, 3.8) is 0 Å². The number of halogens is 1. The normalized spacial score (nSPS) is 10.3. The van der Waals surface area contributed by atoms with Crippen LogP contribution in [0.25, 0.3) is 0 Å². The summed E-state index contributed by atoms with van der Waals surface area (Å²) in [5.41, 5.74) is 0.916. The molecule has 0 saturated carbocycles. The Morgan fingerprint density at radius 1 is 1.39 bits per heavy atom. The molecule has 0 spiro atoms. The zero-order valence-electron chi connectivity index (χ0n) is 9.84. The van der Waals surface area contributed by atoms with Crippen LogP contribution in [-0.4, -0.2) is 22.2 Å². The second-order valence-corrected chi connectivity index (χ2v) is 4.36. The lowest BCUT2D eigenvalue weighted by Gasteiger charge is -2.05. The number of carbonyl (C=O) groups is 1. The van der Waals surface area contributed by atoms with Gasteiger partial charge in [0.2, 0.25) is 5.91 Å². The summed E-state index contributed by atoms with van der Waals surface area (Å²) in [6.07, 6.45) is 3.93. The van der Waals surface area contributed by atoms with Crippen LogP contribution >= 0.6 is 11.6 Å². The molecule has 0 atom stereocenters. The SMILES string of the molecule is O=C(Cc1cccc(Cl)c1)NCCn1cccn1. The minimum atomic E-state index is -0.00979. The molecule has 0 aliphatic rings. The maximum atomic E-state index is 11.7. The van der Waals surface area contributed by atoms with Crippen molar-refractivity contribution >= 4 is 17.5 Å². The Bertz CT molecular complexity index is 511. The molecule has 4 nitrogen and oxygen atoms in total. The Morgan fingerprint density at radius 3 is 3.00 bits per heavy atom. The van der Waals surface area contributed by atoms with Gasteiger partial charge in [-0.2, -0.15) is 5.10 Å². The number of carbonyl (C=O) groups excluding carboxylic acids is 1. The predicted molar refractivity (Wildman–Crippen MR) is 70.4 cm³/mol. The Morgan fingerprint density at radius 2 is 2.28 bits per heavy atom. The van der Waals surface area contributed by atoms with Gasteiger partial charge in [0.15, 0.2) is 0 Å². The van der Waals surface area contributed by atoms with E-state index < -0.39 is 0 Å². The first-order valence-electron chi connectivity index (χ1n) is 5.72. The number of hydrogen-bond acceptors (Lipinski definition) is 2. The highest BCUT2D eigenvalue weighted by Gasteiger charge is 2.03. The molecule has 2 rings (SSSR count). The van der Waals surface area contributed by atoms with Gasteiger partial charge < -0.3 is 5.32 Å². The van der Waals surface area contributed by atoms with Gasteiger partial charge in [0, 0.05) is 24.0 Å². The minimum absolute atomic E-state index is 0.00979. The highest BCUT2D eigenvalue weighted by Crippen LogP contribution is 2.10. The zero-order valence-corrected chi connectivity index (χ0v) is 10.6. The summed E-state index contributed by atoms with van der Waals surface area (Å²) in [5.74, 6) is -0.00979. The first kappa shape index (κ1) is 12.6. The van der Waals surface area contributed by atoms with Crippen molar-refractivity contribution < 1.29 is 4.79 Å². The molecule has 0 fully saturated rings. The van der Waals surface area contributed by atoms with Crippen LogP contribution in [0.4, 0.5) is 0 Å². The van der Waals surface area contributed by atoms with Crippen molar-refractivity contribution in [3.8, 4) is 0 Å². The highest BCUT2D eigenvalue weighted by molar-refractivity contribution is 6.30. The minimum Gasteiger partial charge on any atom is -0.354 e. The van der Waals surface area contributed by atoms with Crippen molar-refractivity contribution in [1.82, 2.24) is 15.1 Å². The fourth-order valence-corrected chi connectivity index (χ4v) is 1.85. The standard InChI is InChI=1S/C13H14ClN3O/c14-12-4-1-3-11(9-12)10-13(18)15-6-8-17-7-2-5-16-17/h1-5,7,9H,6,8,10H2,(H,15,18). The number of nitrogens with one attached hydrogen (secondary N) is 1. The fraction of sp³-hybridized carbons (Fsp3) is 0.231. The van der Waals surface area contributed by atoms with Crippen molar-refractivity contribution in [3.05, 3.63) is 53.3 Å². The number of hydrogen-bond donors (Lipinski definition) is 1. The van der Waals surface area contributed by atoms with Crippen LogP contribution in [-0.2, 0) is 17.8 Å². The van der Waals surface area contributed by atoms with E-state index in [0.717, 1.165) is 5.56 Å². The summed E-state index contributed by atoms with van der Waals surface area (Å²) in [6, 6.07) is 9.18. The first-order valence-corrected chi connectivity index (χ1v) is 6.10. The van der Waals surface area contributed by atoms with Crippen LogP contribution in [0.2, 0.25) is 5.02 Å². The molecule has 1 N–H and O–H groups in total. The lowest BCUT2D eigenvalue weighted by atomic mass is 10.1. The number of aromatic nitrogens is 2. The highest BCUT2D eigenvalue weighted by atomic mass is 35.5. The van der Waals surface area contributed by atoms with E-state index in [1.165, 1.54) is 0 Å². The van der Waals surface area contributed by atoms with Crippen LogP contribution in [0.15, 0.2) is 42.7 Å². The van der Waals surface area contributed by atoms with Gasteiger partial charge in [-0.05, 0) is 23.8 Å². The second-order valence-electron chi connectivity index (χ2n) is 3.93. The van der Waals surface area contributed by atoms with E-state index in [-0.39, 0.29) is 5.91 Å². The number of benzene rings is 1. The molecule has 0 unspecified atom stereocenters. The molecule has 94 valence electrons. The molecule has 2 aromatic rings. The maximum absolute atomic E-state index is 11.7. The van der Waals surface area contributed by atoms with E-state index >= 15 is 0 Å². The quantitative estimate of drug-likeness (QED) is 0.896. The molecule has 0 aliphatic carbocycles. The Balaban J connectivity index is 1.75. The monoisotopic (exact) mass is 263 g/mol. The van der Waals surface area contributed by atoms with Crippen molar-refractivity contribution in [2.24, 2.45) is 0 Å². The predicted octanol–water partition coefficient (Wildman–Crippen LogP) is 1.90. The van der Waals surface area contributed by atoms with E-state index in [4.69, 9.17) is 11.6 Å². The second kappa shape index (κ2) is 6.21. The summed E-state index contributed by atoms with van der Waals surface area (Å²) in [6.45, 7) is 1.25. The molecule has 0 radical (unpaired) electrons. The molecule has 1 heterocycles. The summed E-state index contributed by atoms with van der Waals surface area (Å²) in [4.78, 5) is 11.7. The van der Waals surface area contributed by atoms with Crippen LogP contribution < -0.4 is 5.32 Å². The average Bonchev–Trinajstić information content (AvgIpc) is 2.82. The number of rotatable bonds is 5. The van der Waals surface area contributed by atoms with Crippen LogP contribution in [0.1, 0.15) is 5.56 Å². The molecule has 0 aliphatic heterocycles. The molecule has 0 saturated heterocycles. The average molecular weight is 264 g/mol. The third kappa shape index (κ3) is 3.89. The molecule has 5 heteroatoms. The lowest BCUT2D eigenvalue weighted by Crippen LogP contribution is -2.28. The van der Waals surface area contributed by atoms with Gasteiger partial charge in [0.1, 0.15) is 0 Å². The topological polar surface area (TPSA) is 46.9 Å². The van der Waals surface area contributed by atoms with Crippen LogP contribution in [0, 0.1) is 0 Å². The molecular weight excluding hydrogens is 250 g/mol. The van der Waals surface area contributed by atoms with E-state index in [9.17, 15) is 4.79 Å². The number of amides is 1. The van der Waals surface area contributed by atoms with Crippen LogP contribution in [0.3, 0.4) is 0 Å². The van der Waals surface area contributed by atoms with Gasteiger partial charge in [-0.25, -0.2) is 0 Å². The van der Waals surface area contributed by atoms with E-state index in [1.54, 1.807) is 23.0 Å². The van der Waals surface area contributed by atoms with Gasteiger partial charge in [0.25, 0.3) is 0 Å². The van der Waals surface area contributed by atoms with E-state index in [1.807, 2.05) is 24.4 Å². The van der Waals surface area contributed by atoms with Gasteiger partial charge >= 0.3 is 0 Å². The Labute approximate surface area is 111 Å². The van der Waals surface area contributed by atoms with Crippen molar-refractivity contribution in [1.29, 1.82) is 0 Å². The van der Waals surface area contributed by atoms with Gasteiger partial charge in [-0.15, -0.1) is 0 Å². The maximum Gasteiger partial charge on any atom is 0.224 e. The third-order valence-electron chi connectivity index (χ3n) is 2.48. The first-order chi connectivity index (χ1) is 8.74. The largest absolute Gasteiger partial charge is 0.354 e. The van der Waals surface area contributed by atoms with Gasteiger partial charge in [-0.3, -0.25) is 9.48 Å². The van der Waals surface area contributed by atoms with Gasteiger partial charge in [-0.1, -0.05) is 23.7 Å². The van der Waals surface area contributed by atoms with Crippen molar-refractivity contribution in [2.75, 3.05) is 6.54 Å². The number of nitrogens with zero attached hydrogens (tertiary/aromatic N) is 2. The van der Waals surface area contributed by atoms with Gasteiger partial charge in [0.05, 0.1) is 13.0 Å². The Hall–Kier alpha value is -1.81. The molecular formula is C13H14ClN3O. The Kier molecular flexibility index (Phi) is 4.36. The van der Waals surface area contributed by atoms with E-state index in [2.05, 4.69) is 10.4 Å². The molecule has 0 bridgehead atoms. The van der Waals surface area contributed by atoms with Crippen LogP contribution in [0.5, 0.6) is 0 Å². The summed E-state index contributed by atoms with van der Waals surface area (Å²) in [5, 5.41) is 7.55. The molecule has 1 aromatic carbocycles. The smallest absolute Gasteiger partial charge is 0.224 e. The molecule has 1 aromatic heterocycles. The molecule has 1 amide bonds. The summed E-state index contributed by atoms with van der Waals surface area (Å²) in [7, 11) is 0. The summed E-state index contributed by atoms with van der Waals surface area (Å²) < 4.78 is 1.78. The summed E-state index contributed by atoms with van der Waals surface area (Å²) >= 11 is 5.86. The zero-order chi connectivity index (χ0) is 12.8. The molecule has 18 heavy (non-hydrogen) atoms. The fourth-order valence-electron chi connectivity index (χ4n) is 1.64. The van der Waals surface area contributed by atoms with E-state index in [0.29, 0.717) is 24.5 Å². The third-order valence-corrected chi connectivity index (χ3v) is 2.71.